The number of halogens is 1. The molecule has 3 fully saturated rings. The zero-order valence-corrected chi connectivity index (χ0v) is 14.9. The first kappa shape index (κ1) is 16.8. The lowest BCUT2D eigenvalue weighted by molar-refractivity contribution is 0.0451. The molecule has 5 unspecified atom stereocenters. The van der Waals surface area contributed by atoms with Crippen molar-refractivity contribution in [2.45, 2.75) is 97.1 Å². The van der Waals surface area contributed by atoms with E-state index in [1.807, 2.05) is 0 Å². The van der Waals surface area contributed by atoms with Gasteiger partial charge >= 0.3 is 0 Å². The molecule has 128 valence electrons. The van der Waals surface area contributed by atoms with Crippen LogP contribution in [0.3, 0.4) is 0 Å². The molecule has 3 aliphatic rings. The van der Waals surface area contributed by atoms with E-state index in [9.17, 15) is 4.39 Å². The van der Waals surface area contributed by atoms with Crippen molar-refractivity contribution in [2.24, 2.45) is 35.5 Å². The van der Waals surface area contributed by atoms with Gasteiger partial charge in [-0.3, -0.25) is 0 Å². The van der Waals surface area contributed by atoms with Gasteiger partial charge in [0.2, 0.25) is 0 Å². The molecule has 3 aliphatic carbocycles. The van der Waals surface area contributed by atoms with Crippen LogP contribution in [0, 0.1) is 35.5 Å². The summed E-state index contributed by atoms with van der Waals surface area (Å²) >= 11 is 0. The molecule has 0 bridgehead atoms. The van der Waals surface area contributed by atoms with Gasteiger partial charge in [0.05, 0.1) is 0 Å². The highest BCUT2D eigenvalue weighted by molar-refractivity contribution is 4.89. The summed E-state index contributed by atoms with van der Waals surface area (Å²) in [4.78, 5) is 0. The van der Waals surface area contributed by atoms with Crippen LogP contribution in [-0.2, 0) is 0 Å². The van der Waals surface area contributed by atoms with Crippen LogP contribution in [0.2, 0.25) is 0 Å². The first-order valence-corrected chi connectivity index (χ1v) is 10.3. The molecule has 0 saturated heterocycles. The lowest BCUT2D eigenvalue weighted by atomic mass is 9.66. The molecule has 3 rings (SSSR count). The first-order valence-electron chi connectivity index (χ1n) is 10.3. The van der Waals surface area contributed by atoms with Crippen LogP contribution in [0.5, 0.6) is 0 Å². The minimum absolute atomic E-state index is 0.407. The Bertz CT molecular complexity index is 331. The Morgan fingerprint density at radius 1 is 0.591 bits per heavy atom. The van der Waals surface area contributed by atoms with Gasteiger partial charge in [-0.25, -0.2) is 4.39 Å². The molecular formula is C21H37F. The average Bonchev–Trinajstić information content (AvgIpc) is 2.73. The molecule has 22 heavy (non-hydrogen) atoms. The van der Waals surface area contributed by atoms with Gasteiger partial charge in [0.1, 0.15) is 6.17 Å². The van der Waals surface area contributed by atoms with Crippen molar-refractivity contribution in [1.82, 2.24) is 0 Å². The third-order valence-electron chi connectivity index (χ3n) is 7.50. The number of alkyl halides is 1. The maximum absolute atomic E-state index is 14.9. The molecule has 0 amide bonds. The standard InChI is InChI=1S/C21H37F/c1-15-4-3-5-18(11-8-15)20-13-12-19(14-21(20)22)17-9-6-16(2)7-10-17/h15-21H,3-14H2,1-2H3. The van der Waals surface area contributed by atoms with Crippen molar-refractivity contribution < 1.29 is 4.39 Å². The second kappa shape index (κ2) is 7.67. The van der Waals surface area contributed by atoms with E-state index in [4.69, 9.17) is 0 Å². The van der Waals surface area contributed by atoms with Crippen molar-refractivity contribution in [3.8, 4) is 0 Å². The fourth-order valence-electron chi connectivity index (χ4n) is 5.83. The van der Waals surface area contributed by atoms with Crippen molar-refractivity contribution in [2.75, 3.05) is 0 Å². The van der Waals surface area contributed by atoms with Gasteiger partial charge in [-0.1, -0.05) is 52.4 Å². The summed E-state index contributed by atoms with van der Waals surface area (Å²) in [5, 5.41) is 0. The van der Waals surface area contributed by atoms with Gasteiger partial charge in [-0.05, 0) is 74.0 Å². The van der Waals surface area contributed by atoms with Gasteiger partial charge in [-0.15, -0.1) is 0 Å². The van der Waals surface area contributed by atoms with E-state index in [1.165, 1.54) is 70.6 Å². The zero-order valence-electron chi connectivity index (χ0n) is 14.9. The minimum atomic E-state index is -0.489. The molecule has 0 aromatic rings. The van der Waals surface area contributed by atoms with E-state index in [1.54, 1.807) is 0 Å². The molecule has 0 aromatic carbocycles. The summed E-state index contributed by atoms with van der Waals surface area (Å²) in [7, 11) is 0. The summed E-state index contributed by atoms with van der Waals surface area (Å²) in [5.74, 6) is 4.47. The third kappa shape index (κ3) is 4.06. The SMILES string of the molecule is CC1CCC(C2CCC(C3CCCC(C)CC3)C(F)C2)CC1. The summed E-state index contributed by atoms with van der Waals surface area (Å²) in [6.07, 6.45) is 15.1. The molecule has 0 N–H and O–H groups in total. The largest absolute Gasteiger partial charge is 0.247 e. The Kier molecular flexibility index (Phi) is 5.85. The van der Waals surface area contributed by atoms with Crippen LogP contribution in [-0.4, -0.2) is 6.17 Å². The van der Waals surface area contributed by atoms with E-state index in [0.29, 0.717) is 17.8 Å². The highest BCUT2D eigenvalue weighted by atomic mass is 19.1. The van der Waals surface area contributed by atoms with Gasteiger partial charge < -0.3 is 0 Å². The Balaban J connectivity index is 1.51. The van der Waals surface area contributed by atoms with Crippen LogP contribution in [0.4, 0.5) is 4.39 Å². The number of hydrogen-bond acceptors (Lipinski definition) is 0. The Morgan fingerprint density at radius 3 is 1.86 bits per heavy atom. The molecule has 0 aliphatic heterocycles. The predicted molar refractivity (Wildman–Crippen MR) is 92.6 cm³/mol. The fourth-order valence-corrected chi connectivity index (χ4v) is 5.83. The fraction of sp³-hybridized carbons (Fsp3) is 1.00. The molecular weight excluding hydrogens is 271 g/mol. The van der Waals surface area contributed by atoms with Gasteiger partial charge in [0.15, 0.2) is 0 Å². The predicted octanol–water partition coefficient (Wildman–Crippen LogP) is 6.78. The van der Waals surface area contributed by atoms with E-state index in [-0.39, 0.29) is 0 Å². The number of hydrogen-bond donors (Lipinski definition) is 0. The van der Waals surface area contributed by atoms with Crippen molar-refractivity contribution in [3.05, 3.63) is 0 Å². The monoisotopic (exact) mass is 308 g/mol. The average molecular weight is 309 g/mol. The van der Waals surface area contributed by atoms with Crippen LogP contribution in [0.25, 0.3) is 0 Å². The minimum Gasteiger partial charge on any atom is -0.247 e. The molecule has 5 atom stereocenters. The Morgan fingerprint density at radius 2 is 1.18 bits per heavy atom. The molecule has 0 aromatic heterocycles. The molecule has 0 radical (unpaired) electrons. The topological polar surface area (TPSA) is 0 Å². The maximum atomic E-state index is 14.9. The first-order chi connectivity index (χ1) is 10.6. The Labute approximate surface area is 137 Å². The van der Waals surface area contributed by atoms with Crippen molar-refractivity contribution in [1.29, 1.82) is 0 Å². The summed E-state index contributed by atoms with van der Waals surface area (Å²) in [5.41, 5.74) is 0. The number of rotatable bonds is 2. The summed E-state index contributed by atoms with van der Waals surface area (Å²) in [6.45, 7) is 4.77. The van der Waals surface area contributed by atoms with Crippen LogP contribution < -0.4 is 0 Å². The zero-order chi connectivity index (χ0) is 15.5. The summed E-state index contributed by atoms with van der Waals surface area (Å²) < 4.78 is 14.9. The van der Waals surface area contributed by atoms with Gasteiger partial charge in [-0.2, -0.15) is 0 Å². The van der Waals surface area contributed by atoms with Crippen LogP contribution >= 0.6 is 0 Å². The second-order valence-corrected chi connectivity index (χ2v) is 9.15. The highest BCUT2D eigenvalue weighted by Gasteiger charge is 2.38. The lowest BCUT2D eigenvalue weighted by Gasteiger charge is -2.41. The Hall–Kier alpha value is -0.0700. The molecule has 0 heterocycles. The van der Waals surface area contributed by atoms with Gasteiger partial charge in [0, 0.05) is 0 Å². The van der Waals surface area contributed by atoms with E-state index >= 15 is 0 Å². The third-order valence-corrected chi connectivity index (χ3v) is 7.50. The highest BCUT2D eigenvalue weighted by Crippen LogP contribution is 2.46. The van der Waals surface area contributed by atoms with Crippen molar-refractivity contribution >= 4 is 0 Å². The van der Waals surface area contributed by atoms with E-state index in [0.717, 1.165) is 24.2 Å². The van der Waals surface area contributed by atoms with Crippen molar-refractivity contribution in [3.63, 3.8) is 0 Å². The normalized spacial score (nSPS) is 47.9. The molecule has 3 saturated carbocycles. The van der Waals surface area contributed by atoms with Crippen LogP contribution in [0.1, 0.15) is 90.9 Å². The lowest BCUT2D eigenvalue weighted by Crippen LogP contribution is -2.35. The maximum Gasteiger partial charge on any atom is 0.103 e. The van der Waals surface area contributed by atoms with Crippen LogP contribution in [0.15, 0.2) is 0 Å². The molecule has 0 spiro atoms. The smallest absolute Gasteiger partial charge is 0.103 e. The second-order valence-electron chi connectivity index (χ2n) is 9.15. The van der Waals surface area contributed by atoms with E-state index < -0.39 is 6.17 Å². The quantitative estimate of drug-likeness (QED) is 0.493. The molecule has 0 nitrogen and oxygen atoms in total. The van der Waals surface area contributed by atoms with Gasteiger partial charge in [0.25, 0.3) is 0 Å². The van der Waals surface area contributed by atoms with E-state index in [2.05, 4.69) is 13.8 Å². The summed E-state index contributed by atoms with van der Waals surface area (Å²) in [6, 6.07) is 0. The molecule has 1 heteroatoms.